The van der Waals surface area contributed by atoms with Gasteiger partial charge < -0.3 is 5.32 Å². The molecule has 2 fully saturated rings. The highest BCUT2D eigenvalue weighted by Gasteiger charge is 2.55. The molecule has 2 saturated carbocycles. The molecular formula is C15H24ClN3. The molecule has 0 spiro atoms. The SMILES string of the molecule is CCc1nn(C)c(CC(NC)C2C3CCCC32)c1Cl. The summed E-state index contributed by atoms with van der Waals surface area (Å²) in [5.74, 6) is 2.83. The van der Waals surface area contributed by atoms with Crippen molar-refractivity contribution in [1.82, 2.24) is 15.1 Å². The first-order valence-electron chi connectivity index (χ1n) is 7.54. The molecule has 0 radical (unpaired) electrons. The quantitative estimate of drug-likeness (QED) is 0.899. The lowest BCUT2D eigenvalue weighted by Crippen LogP contribution is -2.32. The molecule has 2 aliphatic rings. The van der Waals surface area contributed by atoms with E-state index in [1.165, 1.54) is 25.0 Å². The van der Waals surface area contributed by atoms with Crippen LogP contribution in [0.4, 0.5) is 0 Å². The number of fused-ring (bicyclic) bond motifs is 1. The zero-order valence-corrected chi connectivity index (χ0v) is 12.9. The van der Waals surface area contributed by atoms with Crippen molar-refractivity contribution in [2.45, 2.75) is 45.1 Å². The maximum atomic E-state index is 6.47. The molecule has 3 rings (SSSR count). The Morgan fingerprint density at radius 3 is 2.63 bits per heavy atom. The number of likely N-dealkylation sites (N-methyl/N-ethyl adjacent to an activating group) is 1. The summed E-state index contributed by atoms with van der Waals surface area (Å²) in [7, 11) is 4.10. The number of nitrogens with zero attached hydrogens (tertiary/aromatic N) is 2. The van der Waals surface area contributed by atoms with Crippen molar-refractivity contribution < 1.29 is 0 Å². The summed E-state index contributed by atoms with van der Waals surface area (Å²) < 4.78 is 1.98. The molecule has 3 nitrogen and oxygen atoms in total. The first-order valence-corrected chi connectivity index (χ1v) is 7.92. The standard InChI is InChI=1S/C15H24ClN3/c1-4-11-15(16)13(19(3)18-11)8-12(17-2)14-9-6-5-7-10(9)14/h9-10,12,14,17H,4-8H2,1-3H3. The van der Waals surface area contributed by atoms with Gasteiger partial charge in [-0.2, -0.15) is 5.10 Å². The first kappa shape index (κ1) is 13.4. The van der Waals surface area contributed by atoms with Crippen molar-refractivity contribution in [2.24, 2.45) is 24.8 Å². The van der Waals surface area contributed by atoms with Crippen LogP contribution in [-0.2, 0) is 19.9 Å². The summed E-state index contributed by atoms with van der Waals surface area (Å²) in [4.78, 5) is 0. The van der Waals surface area contributed by atoms with Crippen LogP contribution in [0.2, 0.25) is 5.02 Å². The van der Waals surface area contributed by atoms with Gasteiger partial charge in [-0.3, -0.25) is 4.68 Å². The van der Waals surface area contributed by atoms with Crippen LogP contribution in [-0.4, -0.2) is 22.9 Å². The van der Waals surface area contributed by atoms with Gasteiger partial charge in [0.2, 0.25) is 0 Å². The molecule has 0 aliphatic heterocycles. The predicted octanol–water partition coefficient (Wildman–Crippen LogP) is 2.81. The molecule has 1 N–H and O–H groups in total. The van der Waals surface area contributed by atoms with Crippen LogP contribution >= 0.6 is 11.6 Å². The largest absolute Gasteiger partial charge is 0.316 e. The fourth-order valence-corrected chi connectivity index (χ4v) is 4.53. The third-order valence-corrected chi connectivity index (χ3v) is 5.66. The summed E-state index contributed by atoms with van der Waals surface area (Å²) >= 11 is 6.47. The van der Waals surface area contributed by atoms with E-state index in [4.69, 9.17) is 11.6 Å². The van der Waals surface area contributed by atoms with E-state index >= 15 is 0 Å². The lowest BCUT2D eigenvalue weighted by molar-refractivity contribution is 0.420. The fourth-order valence-electron chi connectivity index (χ4n) is 4.15. The van der Waals surface area contributed by atoms with E-state index < -0.39 is 0 Å². The van der Waals surface area contributed by atoms with E-state index in [0.717, 1.165) is 41.3 Å². The number of aryl methyl sites for hydroxylation is 2. The summed E-state index contributed by atoms with van der Waals surface area (Å²) in [6, 6.07) is 0.563. The van der Waals surface area contributed by atoms with Crippen LogP contribution in [0.3, 0.4) is 0 Å². The Hall–Kier alpha value is -0.540. The lowest BCUT2D eigenvalue weighted by atomic mass is 9.99. The zero-order chi connectivity index (χ0) is 13.6. The van der Waals surface area contributed by atoms with Gasteiger partial charge >= 0.3 is 0 Å². The molecule has 1 heterocycles. The van der Waals surface area contributed by atoms with E-state index in [1.54, 1.807) is 0 Å². The molecule has 106 valence electrons. The summed E-state index contributed by atoms with van der Waals surface area (Å²) in [6.45, 7) is 2.11. The normalized spacial score (nSPS) is 30.4. The van der Waals surface area contributed by atoms with Gasteiger partial charge in [0.05, 0.1) is 16.4 Å². The molecule has 2 aliphatic carbocycles. The number of hydrogen-bond acceptors (Lipinski definition) is 2. The van der Waals surface area contributed by atoms with Gasteiger partial charge in [0, 0.05) is 19.5 Å². The Labute approximate surface area is 120 Å². The molecular weight excluding hydrogens is 258 g/mol. The van der Waals surface area contributed by atoms with Gasteiger partial charge in [0.15, 0.2) is 0 Å². The lowest BCUT2D eigenvalue weighted by Gasteiger charge is -2.18. The second-order valence-electron chi connectivity index (χ2n) is 6.12. The van der Waals surface area contributed by atoms with Crippen LogP contribution in [0, 0.1) is 17.8 Å². The number of rotatable bonds is 5. The molecule has 0 aromatic carbocycles. The smallest absolute Gasteiger partial charge is 0.0850 e. The highest BCUT2D eigenvalue weighted by atomic mass is 35.5. The molecule has 0 amide bonds. The minimum atomic E-state index is 0.563. The summed E-state index contributed by atoms with van der Waals surface area (Å²) in [6.07, 6.45) is 6.23. The van der Waals surface area contributed by atoms with Gasteiger partial charge in [0.1, 0.15) is 0 Å². The van der Waals surface area contributed by atoms with Crippen molar-refractivity contribution in [2.75, 3.05) is 7.05 Å². The first-order chi connectivity index (χ1) is 9.17. The Kier molecular flexibility index (Phi) is 3.61. The van der Waals surface area contributed by atoms with Crippen molar-refractivity contribution in [3.05, 3.63) is 16.4 Å². The van der Waals surface area contributed by atoms with E-state index in [1.807, 2.05) is 11.7 Å². The third kappa shape index (κ3) is 2.21. The number of aromatic nitrogens is 2. The Morgan fingerprint density at radius 2 is 2.11 bits per heavy atom. The molecule has 4 heteroatoms. The highest BCUT2D eigenvalue weighted by molar-refractivity contribution is 6.31. The van der Waals surface area contributed by atoms with Gasteiger partial charge in [-0.1, -0.05) is 24.9 Å². The van der Waals surface area contributed by atoms with Crippen molar-refractivity contribution >= 4 is 11.6 Å². The second kappa shape index (κ2) is 5.10. The minimum Gasteiger partial charge on any atom is -0.316 e. The van der Waals surface area contributed by atoms with Crippen LogP contribution in [0.15, 0.2) is 0 Å². The average molecular weight is 282 g/mol. The van der Waals surface area contributed by atoms with E-state index in [9.17, 15) is 0 Å². The Balaban J connectivity index is 1.74. The van der Waals surface area contributed by atoms with Gasteiger partial charge in [-0.25, -0.2) is 0 Å². The Morgan fingerprint density at radius 1 is 1.42 bits per heavy atom. The van der Waals surface area contributed by atoms with Crippen LogP contribution in [0.1, 0.15) is 37.6 Å². The molecule has 1 aromatic heterocycles. The topological polar surface area (TPSA) is 29.9 Å². The van der Waals surface area contributed by atoms with Gasteiger partial charge in [-0.15, -0.1) is 0 Å². The number of halogens is 1. The maximum absolute atomic E-state index is 6.47. The third-order valence-electron chi connectivity index (χ3n) is 5.22. The molecule has 3 atom stereocenters. The van der Waals surface area contributed by atoms with E-state index in [0.29, 0.717) is 6.04 Å². The van der Waals surface area contributed by atoms with Crippen molar-refractivity contribution in [1.29, 1.82) is 0 Å². The minimum absolute atomic E-state index is 0.563. The van der Waals surface area contributed by atoms with Crippen LogP contribution in [0.25, 0.3) is 0 Å². The molecule has 1 aromatic rings. The molecule has 19 heavy (non-hydrogen) atoms. The van der Waals surface area contributed by atoms with Gasteiger partial charge in [0.25, 0.3) is 0 Å². The molecule has 0 bridgehead atoms. The van der Waals surface area contributed by atoms with Crippen LogP contribution < -0.4 is 5.32 Å². The summed E-state index contributed by atoms with van der Waals surface area (Å²) in [5.41, 5.74) is 2.23. The monoisotopic (exact) mass is 281 g/mol. The van der Waals surface area contributed by atoms with Crippen molar-refractivity contribution in [3.8, 4) is 0 Å². The number of nitrogens with one attached hydrogen (secondary N) is 1. The van der Waals surface area contributed by atoms with Crippen LogP contribution in [0.5, 0.6) is 0 Å². The maximum Gasteiger partial charge on any atom is 0.0850 e. The number of hydrogen-bond donors (Lipinski definition) is 1. The van der Waals surface area contributed by atoms with Crippen molar-refractivity contribution in [3.63, 3.8) is 0 Å². The summed E-state index contributed by atoms with van der Waals surface area (Å²) in [5, 5.41) is 8.93. The Bertz CT molecular complexity index is 458. The second-order valence-corrected chi connectivity index (χ2v) is 6.50. The highest BCUT2D eigenvalue weighted by Crippen LogP contribution is 2.59. The molecule has 3 unspecified atom stereocenters. The van der Waals surface area contributed by atoms with E-state index in [-0.39, 0.29) is 0 Å². The zero-order valence-electron chi connectivity index (χ0n) is 12.1. The molecule has 0 saturated heterocycles. The predicted molar refractivity (Wildman–Crippen MR) is 78.5 cm³/mol. The van der Waals surface area contributed by atoms with Gasteiger partial charge in [-0.05, 0) is 44.1 Å². The average Bonchev–Trinajstić information content (AvgIpc) is 2.78. The van der Waals surface area contributed by atoms with E-state index in [2.05, 4.69) is 24.4 Å². The fraction of sp³-hybridized carbons (Fsp3) is 0.800.